The van der Waals surface area contributed by atoms with Gasteiger partial charge in [-0.2, -0.15) is 5.26 Å². The van der Waals surface area contributed by atoms with E-state index in [1.165, 1.54) is 6.42 Å². The van der Waals surface area contributed by atoms with E-state index in [-0.39, 0.29) is 0 Å². The minimum Gasteiger partial charge on any atom is -0.389 e. The van der Waals surface area contributed by atoms with Crippen molar-refractivity contribution in [2.24, 2.45) is 0 Å². The van der Waals surface area contributed by atoms with Crippen LogP contribution in [-0.2, 0) is 6.54 Å². The molecule has 0 aliphatic heterocycles. The van der Waals surface area contributed by atoms with Crippen LogP contribution in [0.4, 0.5) is 0 Å². The number of aliphatic hydroxyl groups is 1. The maximum atomic E-state index is 10.7. The molecule has 0 amide bonds. The van der Waals surface area contributed by atoms with E-state index in [9.17, 15) is 5.11 Å². The van der Waals surface area contributed by atoms with Crippen LogP contribution in [0, 0.1) is 11.3 Å². The SMILES string of the molecule is N#CCCN(Cc1cccnc1)CC1(O)CCCCC1. The van der Waals surface area contributed by atoms with Gasteiger partial charge in [0, 0.05) is 38.4 Å². The van der Waals surface area contributed by atoms with Crippen molar-refractivity contribution in [1.82, 2.24) is 9.88 Å². The highest BCUT2D eigenvalue weighted by Gasteiger charge is 2.31. The van der Waals surface area contributed by atoms with Crippen molar-refractivity contribution in [3.8, 4) is 6.07 Å². The standard InChI is InChI=1S/C16H23N3O/c17-9-5-11-19(13-15-6-4-10-18-12-15)14-16(20)7-2-1-3-8-16/h4,6,10,12,20H,1-3,5,7-8,11,13-14H2. The quantitative estimate of drug-likeness (QED) is 0.865. The van der Waals surface area contributed by atoms with Gasteiger partial charge in [0.25, 0.3) is 0 Å². The molecule has 1 N–H and O–H groups in total. The van der Waals surface area contributed by atoms with Crippen LogP contribution in [0.25, 0.3) is 0 Å². The van der Waals surface area contributed by atoms with Crippen LogP contribution in [0.5, 0.6) is 0 Å². The number of hydrogen-bond acceptors (Lipinski definition) is 4. The van der Waals surface area contributed by atoms with Crippen molar-refractivity contribution >= 4 is 0 Å². The monoisotopic (exact) mass is 273 g/mol. The van der Waals surface area contributed by atoms with Crippen LogP contribution in [0.1, 0.15) is 44.1 Å². The number of rotatable bonds is 6. The summed E-state index contributed by atoms with van der Waals surface area (Å²) in [5, 5.41) is 19.5. The molecule has 1 aromatic rings. The fourth-order valence-corrected chi connectivity index (χ4v) is 2.96. The highest BCUT2D eigenvalue weighted by Crippen LogP contribution is 2.29. The van der Waals surface area contributed by atoms with Crippen molar-refractivity contribution in [3.63, 3.8) is 0 Å². The van der Waals surface area contributed by atoms with E-state index in [4.69, 9.17) is 5.26 Å². The lowest BCUT2D eigenvalue weighted by molar-refractivity contribution is -0.0277. The summed E-state index contributed by atoms with van der Waals surface area (Å²) >= 11 is 0. The molecule has 1 fully saturated rings. The first-order valence-electron chi connectivity index (χ1n) is 7.42. The Hall–Kier alpha value is -1.44. The van der Waals surface area contributed by atoms with E-state index < -0.39 is 5.60 Å². The largest absolute Gasteiger partial charge is 0.389 e. The lowest BCUT2D eigenvalue weighted by atomic mass is 9.84. The first-order chi connectivity index (χ1) is 9.72. The topological polar surface area (TPSA) is 60.2 Å². The molecule has 2 rings (SSSR count). The van der Waals surface area contributed by atoms with Crippen LogP contribution in [-0.4, -0.2) is 33.7 Å². The summed E-state index contributed by atoms with van der Waals surface area (Å²) in [5.74, 6) is 0. The maximum Gasteiger partial charge on any atom is 0.0774 e. The molecule has 20 heavy (non-hydrogen) atoms. The highest BCUT2D eigenvalue weighted by molar-refractivity contribution is 5.08. The molecule has 4 nitrogen and oxygen atoms in total. The molecule has 1 saturated carbocycles. The van der Waals surface area contributed by atoms with Gasteiger partial charge in [-0.3, -0.25) is 9.88 Å². The minimum atomic E-state index is -0.573. The molecule has 1 heterocycles. The lowest BCUT2D eigenvalue weighted by Gasteiger charge is -2.36. The van der Waals surface area contributed by atoms with Gasteiger partial charge < -0.3 is 5.11 Å². The van der Waals surface area contributed by atoms with Gasteiger partial charge in [-0.15, -0.1) is 0 Å². The zero-order valence-electron chi connectivity index (χ0n) is 12.0. The Morgan fingerprint density at radius 1 is 1.35 bits per heavy atom. The van der Waals surface area contributed by atoms with Crippen LogP contribution in [0.3, 0.4) is 0 Å². The minimum absolute atomic E-state index is 0.496. The number of hydrogen-bond donors (Lipinski definition) is 1. The van der Waals surface area contributed by atoms with E-state index in [2.05, 4.69) is 16.0 Å². The highest BCUT2D eigenvalue weighted by atomic mass is 16.3. The zero-order chi connectivity index (χ0) is 14.3. The lowest BCUT2D eigenvalue weighted by Crippen LogP contribution is -2.44. The Morgan fingerprint density at radius 2 is 2.15 bits per heavy atom. The van der Waals surface area contributed by atoms with Crippen LogP contribution < -0.4 is 0 Å². The molecule has 1 aromatic heterocycles. The van der Waals surface area contributed by atoms with Gasteiger partial charge in [0.1, 0.15) is 0 Å². The number of nitrogens with zero attached hydrogens (tertiary/aromatic N) is 3. The fourth-order valence-electron chi connectivity index (χ4n) is 2.96. The maximum absolute atomic E-state index is 10.7. The summed E-state index contributed by atoms with van der Waals surface area (Å²) in [6, 6.07) is 6.16. The van der Waals surface area contributed by atoms with E-state index in [1.54, 1.807) is 6.20 Å². The van der Waals surface area contributed by atoms with E-state index in [0.717, 1.165) is 37.8 Å². The molecular formula is C16H23N3O. The average molecular weight is 273 g/mol. The Morgan fingerprint density at radius 3 is 2.80 bits per heavy atom. The summed E-state index contributed by atoms with van der Waals surface area (Å²) in [6.07, 6.45) is 9.30. The number of aromatic nitrogens is 1. The smallest absolute Gasteiger partial charge is 0.0774 e. The second kappa shape index (κ2) is 7.37. The third kappa shape index (κ3) is 4.59. The van der Waals surface area contributed by atoms with Gasteiger partial charge in [0.2, 0.25) is 0 Å². The summed E-state index contributed by atoms with van der Waals surface area (Å²) in [7, 11) is 0. The van der Waals surface area contributed by atoms with Gasteiger partial charge in [-0.25, -0.2) is 0 Å². The van der Waals surface area contributed by atoms with Gasteiger partial charge in [-0.1, -0.05) is 25.3 Å². The Bertz CT molecular complexity index is 435. The molecule has 0 radical (unpaired) electrons. The number of nitriles is 1. The molecule has 0 bridgehead atoms. The average Bonchev–Trinajstić information content (AvgIpc) is 2.46. The predicted molar refractivity (Wildman–Crippen MR) is 77.8 cm³/mol. The van der Waals surface area contributed by atoms with Crippen molar-refractivity contribution in [2.75, 3.05) is 13.1 Å². The van der Waals surface area contributed by atoms with Gasteiger partial charge in [0.15, 0.2) is 0 Å². The van der Waals surface area contributed by atoms with Gasteiger partial charge in [-0.05, 0) is 24.5 Å². The zero-order valence-corrected chi connectivity index (χ0v) is 12.0. The summed E-state index contributed by atoms with van der Waals surface area (Å²) in [5.41, 5.74) is 0.556. The first-order valence-corrected chi connectivity index (χ1v) is 7.42. The van der Waals surface area contributed by atoms with Gasteiger partial charge in [0.05, 0.1) is 11.7 Å². The van der Waals surface area contributed by atoms with Crippen molar-refractivity contribution in [2.45, 2.75) is 50.7 Å². The molecule has 0 saturated heterocycles. The van der Waals surface area contributed by atoms with Crippen LogP contribution in [0.15, 0.2) is 24.5 Å². The molecule has 0 atom stereocenters. The second-order valence-electron chi connectivity index (χ2n) is 5.77. The molecule has 1 aliphatic carbocycles. The molecular weight excluding hydrogens is 250 g/mol. The second-order valence-corrected chi connectivity index (χ2v) is 5.77. The Kier molecular flexibility index (Phi) is 5.51. The van der Waals surface area contributed by atoms with Crippen LogP contribution >= 0.6 is 0 Å². The third-order valence-corrected chi connectivity index (χ3v) is 3.97. The van der Waals surface area contributed by atoms with Crippen molar-refractivity contribution in [3.05, 3.63) is 30.1 Å². The molecule has 1 aliphatic rings. The number of pyridine rings is 1. The molecule has 4 heteroatoms. The molecule has 108 valence electrons. The Balaban J connectivity index is 1.97. The molecule has 0 spiro atoms. The van der Waals surface area contributed by atoms with Gasteiger partial charge >= 0.3 is 0 Å². The summed E-state index contributed by atoms with van der Waals surface area (Å²) in [4.78, 5) is 6.31. The van der Waals surface area contributed by atoms with E-state index >= 15 is 0 Å². The fraction of sp³-hybridized carbons (Fsp3) is 0.625. The Labute approximate surface area is 121 Å². The van der Waals surface area contributed by atoms with Crippen molar-refractivity contribution in [1.29, 1.82) is 5.26 Å². The molecule has 0 unspecified atom stereocenters. The summed E-state index contributed by atoms with van der Waals surface area (Å²) in [6.45, 7) is 2.11. The third-order valence-electron chi connectivity index (χ3n) is 3.97. The van der Waals surface area contributed by atoms with Crippen LogP contribution in [0.2, 0.25) is 0 Å². The van der Waals surface area contributed by atoms with E-state index in [1.807, 2.05) is 18.3 Å². The summed E-state index contributed by atoms with van der Waals surface area (Å²) < 4.78 is 0. The van der Waals surface area contributed by atoms with Crippen molar-refractivity contribution < 1.29 is 5.11 Å². The predicted octanol–water partition coefficient (Wildman–Crippen LogP) is 2.49. The molecule has 0 aromatic carbocycles. The normalized spacial score (nSPS) is 17.9. The first kappa shape index (κ1) is 15.0. The van der Waals surface area contributed by atoms with E-state index in [0.29, 0.717) is 19.5 Å².